The SMILES string of the molecule is CCCCNc1sc(Br)c([N+](=O)[O-])c1[N+](=O)[O-]. The van der Waals surface area contributed by atoms with Gasteiger partial charge in [0.15, 0.2) is 8.79 Å². The van der Waals surface area contributed by atoms with Gasteiger partial charge in [0, 0.05) is 6.54 Å². The van der Waals surface area contributed by atoms with Gasteiger partial charge in [-0.15, -0.1) is 0 Å². The molecule has 0 saturated heterocycles. The summed E-state index contributed by atoms with van der Waals surface area (Å²) in [6.07, 6.45) is 1.79. The maximum Gasteiger partial charge on any atom is 0.381 e. The molecular formula is C8H10BrN3O4S. The van der Waals surface area contributed by atoms with Gasteiger partial charge in [-0.25, -0.2) is 0 Å². The van der Waals surface area contributed by atoms with Crippen molar-refractivity contribution in [1.29, 1.82) is 0 Å². The molecular weight excluding hydrogens is 314 g/mol. The quantitative estimate of drug-likeness (QED) is 0.490. The molecule has 0 spiro atoms. The van der Waals surface area contributed by atoms with Crippen LogP contribution in [0.5, 0.6) is 0 Å². The minimum Gasteiger partial charge on any atom is -0.371 e. The second kappa shape index (κ2) is 5.92. The largest absolute Gasteiger partial charge is 0.381 e. The molecule has 7 nitrogen and oxygen atoms in total. The van der Waals surface area contributed by atoms with E-state index in [0.717, 1.165) is 24.2 Å². The van der Waals surface area contributed by atoms with Crippen LogP contribution in [0.2, 0.25) is 0 Å². The zero-order valence-electron chi connectivity index (χ0n) is 8.93. The summed E-state index contributed by atoms with van der Waals surface area (Å²) < 4.78 is 0.160. The number of nitro groups is 2. The molecule has 0 aromatic carbocycles. The number of rotatable bonds is 6. The van der Waals surface area contributed by atoms with Crippen LogP contribution in [0, 0.1) is 20.2 Å². The zero-order valence-corrected chi connectivity index (χ0v) is 11.3. The third kappa shape index (κ3) is 3.13. The Kier molecular flexibility index (Phi) is 4.82. The lowest BCUT2D eigenvalue weighted by Gasteiger charge is -2.00. The first kappa shape index (κ1) is 13.8. The van der Waals surface area contributed by atoms with E-state index in [-0.39, 0.29) is 8.79 Å². The highest BCUT2D eigenvalue weighted by Crippen LogP contribution is 2.48. The maximum atomic E-state index is 10.8. The first-order valence-corrected chi connectivity index (χ1v) is 6.44. The number of thiophene rings is 1. The molecule has 94 valence electrons. The number of unbranched alkanes of at least 4 members (excludes halogenated alkanes) is 1. The Morgan fingerprint density at radius 1 is 1.29 bits per heavy atom. The van der Waals surface area contributed by atoms with Crippen LogP contribution in [0.15, 0.2) is 3.79 Å². The lowest BCUT2D eigenvalue weighted by molar-refractivity contribution is -0.421. The van der Waals surface area contributed by atoms with Gasteiger partial charge in [0.05, 0.1) is 9.85 Å². The topological polar surface area (TPSA) is 98.3 Å². The summed E-state index contributed by atoms with van der Waals surface area (Å²) in [5.41, 5.74) is -0.957. The lowest BCUT2D eigenvalue weighted by Crippen LogP contribution is -2.02. The molecule has 0 atom stereocenters. The number of nitrogens with one attached hydrogen (secondary N) is 1. The van der Waals surface area contributed by atoms with Gasteiger partial charge < -0.3 is 5.32 Å². The van der Waals surface area contributed by atoms with Crippen LogP contribution in [0.25, 0.3) is 0 Å². The van der Waals surface area contributed by atoms with E-state index in [1.165, 1.54) is 0 Å². The first-order chi connectivity index (χ1) is 7.99. The predicted molar refractivity (Wildman–Crippen MR) is 68.7 cm³/mol. The van der Waals surface area contributed by atoms with E-state index in [1.807, 2.05) is 6.92 Å². The molecule has 1 heterocycles. The Bertz CT molecular complexity index is 448. The van der Waals surface area contributed by atoms with Gasteiger partial charge in [-0.3, -0.25) is 20.2 Å². The third-order valence-corrected chi connectivity index (χ3v) is 3.77. The molecule has 1 rings (SSSR count). The van der Waals surface area contributed by atoms with Crippen LogP contribution in [0.3, 0.4) is 0 Å². The molecule has 1 aromatic rings. The zero-order chi connectivity index (χ0) is 13.0. The lowest BCUT2D eigenvalue weighted by atomic mass is 10.3. The van der Waals surface area contributed by atoms with Crippen LogP contribution in [0.1, 0.15) is 19.8 Å². The van der Waals surface area contributed by atoms with Gasteiger partial charge in [-0.05, 0) is 22.4 Å². The van der Waals surface area contributed by atoms with Gasteiger partial charge in [0.2, 0.25) is 0 Å². The molecule has 0 aliphatic carbocycles. The van der Waals surface area contributed by atoms with Crippen molar-refractivity contribution in [2.75, 3.05) is 11.9 Å². The number of nitrogens with zero attached hydrogens (tertiary/aromatic N) is 2. The number of halogens is 1. The number of hydrogen-bond acceptors (Lipinski definition) is 6. The normalized spacial score (nSPS) is 10.2. The summed E-state index contributed by atoms with van der Waals surface area (Å²) in [6, 6.07) is 0. The fraction of sp³-hybridized carbons (Fsp3) is 0.500. The molecule has 0 radical (unpaired) electrons. The number of anilines is 1. The molecule has 0 aliphatic rings. The molecule has 0 bridgehead atoms. The molecule has 0 saturated carbocycles. The molecule has 1 N–H and O–H groups in total. The highest BCUT2D eigenvalue weighted by atomic mass is 79.9. The van der Waals surface area contributed by atoms with Crippen LogP contribution >= 0.6 is 27.3 Å². The molecule has 0 unspecified atom stereocenters. The van der Waals surface area contributed by atoms with Crippen LogP contribution < -0.4 is 5.32 Å². The Morgan fingerprint density at radius 3 is 2.35 bits per heavy atom. The highest BCUT2D eigenvalue weighted by Gasteiger charge is 2.35. The van der Waals surface area contributed by atoms with Crippen LogP contribution in [-0.4, -0.2) is 16.4 Å². The van der Waals surface area contributed by atoms with Gasteiger partial charge in [-0.2, -0.15) is 0 Å². The van der Waals surface area contributed by atoms with Crippen molar-refractivity contribution in [3.05, 3.63) is 24.0 Å². The Morgan fingerprint density at radius 2 is 1.88 bits per heavy atom. The third-order valence-electron chi connectivity index (χ3n) is 2.00. The average Bonchev–Trinajstić information content (AvgIpc) is 2.55. The van der Waals surface area contributed by atoms with Crippen molar-refractivity contribution in [3.8, 4) is 0 Å². The van der Waals surface area contributed by atoms with Crippen molar-refractivity contribution in [3.63, 3.8) is 0 Å². The van der Waals surface area contributed by atoms with Gasteiger partial charge in [-0.1, -0.05) is 24.7 Å². The van der Waals surface area contributed by atoms with Gasteiger partial charge in [0.1, 0.15) is 0 Å². The minimum absolute atomic E-state index is 0.160. The van der Waals surface area contributed by atoms with Crippen molar-refractivity contribution in [2.24, 2.45) is 0 Å². The van der Waals surface area contributed by atoms with Crippen LogP contribution in [-0.2, 0) is 0 Å². The summed E-state index contributed by atoms with van der Waals surface area (Å²) in [4.78, 5) is 20.1. The van der Waals surface area contributed by atoms with E-state index in [2.05, 4.69) is 21.2 Å². The van der Waals surface area contributed by atoms with Crippen molar-refractivity contribution >= 4 is 43.6 Å². The second-order valence-electron chi connectivity index (χ2n) is 3.20. The molecule has 0 aliphatic heterocycles. The van der Waals surface area contributed by atoms with E-state index in [0.29, 0.717) is 6.54 Å². The van der Waals surface area contributed by atoms with Crippen molar-refractivity contribution in [2.45, 2.75) is 19.8 Å². The van der Waals surface area contributed by atoms with Crippen molar-refractivity contribution in [1.82, 2.24) is 0 Å². The summed E-state index contributed by atoms with van der Waals surface area (Å²) >= 11 is 3.95. The maximum absolute atomic E-state index is 10.8. The summed E-state index contributed by atoms with van der Waals surface area (Å²) in [6.45, 7) is 2.55. The highest BCUT2D eigenvalue weighted by molar-refractivity contribution is 9.11. The fourth-order valence-electron chi connectivity index (χ4n) is 1.21. The minimum atomic E-state index is -0.746. The molecule has 9 heteroatoms. The fourth-order valence-corrected chi connectivity index (χ4v) is 2.92. The molecule has 0 amide bonds. The van der Waals surface area contributed by atoms with Crippen molar-refractivity contribution < 1.29 is 9.85 Å². The molecule has 0 fully saturated rings. The monoisotopic (exact) mass is 323 g/mol. The van der Waals surface area contributed by atoms with E-state index in [1.54, 1.807) is 0 Å². The van der Waals surface area contributed by atoms with E-state index >= 15 is 0 Å². The Labute approximate surface area is 109 Å². The standard InChI is InChI=1S/C8H10BrN3O4S/c1-2-3-4-10-8-6(12(15)16)5(11(13)14)7(9)17-8/h10H,2-4H2,1H3. The summed E-state index contributed by atoms with van der Waals surface area (Å²) in [7, 11) is 0. The van der Waals surface area contributed by atoms with E-state index < -0.39 is 21.2 Å². The average molecular weight is 324 g/mol. The second-order valence-corrected chi connectivity index (χ2v) is 5.54. The summed E-state index contributed by atoms with van der Waals surface area (Å²) in [5, 5.41) is 24.7. The molecule has 1 aromatic heterocycles. The van der Waals surface area contributed by atoms with E-state index in [4.69, 9.17) is 0 Å². The van der Waals surface area contributed by atoms with Gasteiger partial charge >= 0.3 is 11.4 Å². The Hall–Kier alpha value is -1.22. The van der Waals surface area contributed by atoms with Gasteiger partial charge in [0.25, 0.3) is 0 Å². The van der Waals surface area contributed by atoms with Crippen LogP contribution in [0.4, 0.5) is 16.4 Å². The summed E-state index contributed by atoms with van der Waals surface area (Å²) in [5.74, 6) is 0. The Balaban J connectivity index is 3.09. The molecule has 17 heavy (non-hydrogen) atoms. The predicted octanol–water partition coefficient (Wildman–Crippen LogP) is 3.54. The number of hydrogen-bond donors (Lipinski definition) is 1. The smallest absolute Gasteiger partial charge is 0.371 e. The first-order valence-electron chi connectivity index (χ1n) is 4.84. The van der Waals surface area contributed by atoms with E-state index in [9.17, 15) is 20.2 Å².